The Labute approximate surface area is 365 Å². The number of phenolic OH excluding ortho intramolecular Hbond substituents is 1. The lowest BCUT2D eigenvalue weighted by atomic mass is 9.49. The topological polar surface area (TPSA) is 152 Å². The van der Waals surface area contributed by atoms with Crippen LogP contribution in [0.25, 0.3) is 22.6 Å². The Bertz CT molecular complexity index is 2830. The molecule has 0 spiro atoms. The van der Waals surface area contributed by atoms with Crippen molar-refractivity contribution in [1.82, 2.24) is 9.99 Å². The number of aromatic nitrogens is 1. The predicted octanol–water partition coefficient (Wildman–Crippen LogP) is 9.10. The van der Waals surface area contributed by atoms with Crippen LogP contribution >= 0.6 is 23.2 Å². The van der Waals surface area contributed by atoms with Crippen molar-refractivity contribution in [3.63, 3.8) is 0 Å². The Morgan fingerprint density at radius 1 is 0.887 bits per heavy atom. The van der Waals surface area contributed by atoms with Gasteiger partial charge in [-0.1, -0.05) is 71.2 Å². The van der Waals surface area contributed by atoms with Gasteiger partial charge in [-0.15, -0.1) is 0 Å². The number of methoxy groups -OCH3 is 1. The number of hydrazine groups is 1. The third-order valence-electron chi connectivity index (χ3n) is 12.9. The van der Waals surface area contributed by atoms with Crippen LogP contribution in [-0.4, -0.2) is 52.4 Å². The number of carbonyl (C=O) groups excluding carboxylic acids is 4. The van der Waals surface area contributed by atoms with Gasteiger partial charge < -0.3 is 19.0 Å². The van der Waals surface area contributed by atoms with Crippen molar-refractivity contribution in [2.24, 2.45) is 23.7 Å². The minimum atomic E-state index is -1.67. The third-order valence-corrected chi connectivity index (χ3v) is 13.4. The molecule has 12 nitrogen and oxygen atoms in total. The van der Waals surface area contributed by atoms with Crippen LogP contribution in [0.2, 0.25) is 10.0 Å². The van der Waals surface area contributed by atoms with E-state index < -0.39 is 52.7 Å². The van der Waals surface area contributed by atoms with Crippen LogP contribution in [-0.2, 0) is 24.6 Å². The number of halogens is 2. The average molecular weight is 870 g/mol. The summed E-state index contributed by atoms with van der Waals surface area (Å²) in [6, 6.07) is 31.1. The van der Waals surface area contributed by atoms with E-state index >= 15 is 9.59 Å². The second-order valence-corrected chi connectivity index (χ2v) is 16.7. The van der Waals surface area contributed by atoms with Crippen LogP contribution in [0.1, 0.15) is 36.8 Å². The van der Waals surface area contributed by atoms with Crippen LogP contribution in [0, 0.1) is 23.7 Å². The van der Waals surface area contributed by atoms with Gasteiger partial charge in [-0.25, -0.2) is 4.98 Å². The van der Waals surface area contributed by atoms with E-state index in [2.05, 4.69) is 10.4 Å². The first-order valence-corrected chi connectivity index (χ1v) is 21.0. The molecule has 1 aromatic heterocycles. The number of aromatic hydroxyl groups is 1. The zero-order valence-electron chi connectivity index (χ0n) is 33.4. The monoisotopic (exact) mass is 868 g/mol. The summed E-state index contributed by atoms with van der Waals surface area (Å²) >= 11 is 12.8. The summed E-state index contributed by atoms with van der Waals surface area (Å²) < 4.78 is 17.3. The molecule has 6 aromatic rings. The van der Waals surface area contributed by atoms with E-state index in [9.17, 15) is 14.7 Å². The van der Waals surface area contributed by atoms with E-state index in [0.29, 0.717) is 55.7 Å². The van der Waals surface area contributed by atoms with Crippen molar-refractivity contribution in [2.75, 3.05) is 24.0 Å². The number of oxazole rings is 1. The molecule has 4 aliphatic rings. The van der Waals surface area contributed by atoms with Crippen LogP contribution in [0.15, 0.2) is 125 Å². The maximum Gasteiger partial charge on any atom is 0.260 e. The van der Waals surface area contributed by atoms with E-state index in [4.69, 9.17) is 37.1 Å². The lowest BCUT2D eigenvalue weighted by molar-refractivity contribution is -0.138. The summed E-state index contributed by atoms with van der Waals surface area (Å²) in [6.45, 7) is 2.05. The zero-order chi connectivity index (χ0) is 43.0. The highest BCUT2D eigenvalue weighted by Crippen LogP contribution is 2.65. The summed E-state index contributed by atoms with van der Waals surface area (Å²) in [7, 11) is 1.53. The number of hydrogen-bond donors (Lipinski definition) is 2. The Morgan fingerprint density at radius 2 is 1.66 bits per heavy atom. The molecular formula is C48H38Cl2N4O8. The minimum Gasteiger partial charge on any atom is -0.504 e. The summed E-state index contributed by atoms with van der Waals surface area (Å²) in [5.41, 5.74) is 5.50. The molecule has 6 atom stereocenters. The Morgan fingerprint density at radius 3 is 2.39 bits per heavy atom. The predicted molar refractivity (Wildman–Crippen MR) is 232 cm³/mol. The van der Waals surface area contributed by atoms with Crippen molar-refractivity contribution in [1.29, 1.82) is 0 Å². The highest BCUT2D eigenvalue weighted by Gasteiger charge is 2.70. The van der Waals surface area contributed by atoms with Gasteiger partial charge in [-0.3, -0.25) is 29.5 Å². The molecule has 312 valence electrons. The van der Waals surface area contributed by atoms with Gasteiger partial charge in [-0.05, 0) is 104 Å². The number of rotatable bonds is 9. The lowest BCUT2D eigenvalue weighted by Gasteiger charge is -2.50. The molecule has 0 unspecified atom stereocenters. The number of nitrogens with zero attached hydrogens (tertiary/aromatic N) is 3. The van der Waals surface area contributed by atoms with Crippen molar-refractivity contribution in [3.8, 4) is 28.7 Å². The van der Waals surface area contributed by atoms with E-state index in [1.165, 1.54) is 18.1 Å². The largest absolute Gasteiger partial charge is 0.504 e. The fourth-order valence-corrected chi connectivity index (χ4v) is 10.7. The molecule has 2 aliphatic heterocycles. The number of nitrogens with one attached hydrogen (secondary N) is 1. The molecule has 3 fully saturated rings. The van der Waals surface area contributed by atoms with Crippen LogP contribution in [0.5, 0.6) is 17.2 Å². The summed E-state index contributed by atoms with van der Waals surface area (Å²) in [5.74, 6) is -5.36. The average Bonchev–Trinajstić information content (AvgIpc) is 3.90. The summed E-state index contributed by atoms with van der Waals surface area (Å²) in [6.07, 6.45) is 2.16. The molecule has 62 heavy (non-hydrogen) atoms. The SMILES string of the molecule is CCOc1cccc([C@H]2C3=CC[C@@H]4C(=O)N(c5ccc(-c6nc7ccccc7o6)cc5)C(=O)[C@@H]4[C@@H]3C[C@H]3C(=O)N(Nc4ccc(Cl)cc4Cl)C(=O)[C@@]23c2ccc(OC)cc2)c1O. The van der Waals surface area contributed by atoms with Crippen LogP contribution in [0.3, 0.4) is 0 Å². The molecule has 10 rings (SSSR count). The molecule has 2 saturated heterocycles. The first kappa shape index (κ1) is 39.5. The number of hydrogen-bond acceptors (Lipinski definition) is 10. The highest BCUT2D eigenvalue weighted by atomic mass is 35.5. The molecule has 4 amide bonds. The molecule has 5 aromatic carbocycles. The van der Waals surface area contributed by atoms with E-state index in [1.807, 2.05) is 30.3 Å². The zero-order valence-corrected chi connectivity index (χ0v) is 34.9. The molecule has 0 radical (unpaired) electrons. The molecular weight excluding hydrogens is 831 g/mol. The normalized spacial score (nSPS) is 24.2. The fraction of sp³-hybridized carbons (Fsp3) is 0.229. The van der Waals surface area contributed by atoms with Gasteiger partial charge >= 0.3 is 0 Å². The van der Waals surface area contributed by atoms with E-state index in [1.54, 1.807) is 85.8 Å². The maximum absolute atomic E-state index is 15.6. The van der Waals surface area contributed by atoms with Gasteiger partial charge in [0.15, 0.2) is 17.1 Å². The number of amides is 4. The first-order valence-electron chi connectivity index (χ1n) is 20.3. The maximum atomic E-state index is 15.6. The number of phenols is 1. The lowest BCUT2D eigenvalue weighted by Crippen LogP contribution is -2.53. The molecule has 2 N–H and O–H groups in total. The summed E-state index contributed by atoms with van der Waals surface area (Å²) in [5, 5.41) is 13.6. The number of allylic oxidation sites excluding steroid dienone is 2. The van der Waals surface area contributed by atoms with E-state index in [0.717, 1.165) is 5.01 Å². The standard InChI is InChI=1S/C48H38Cl2N4O8/c1-3-61-39-10-6-7-32(42(39)55)41-30-20-21-31-40(46(58)53(44(31)56)28-16-11-25(12-17-28)43-51-37-8-4-5-9-38(37)62-43)33(30)24-34-45(57)54(52-36-22-15-27(49)23-35(36)50)47(59)48(34,41)26-13-18-29(60-2)19-14-26/h4-20,22-23,31,33-34,40-41,52,55H,3,21,24H2,1-2H3/t31-,33+,34-,40-,41+,48+/m0/s1. The number of para-hydroxylation sites is 3. The number of ether oxygens (including phenoxy) is 2. The highest BCUT2D eigenvalue weighted by molar-refractivity contribution is 6.36. The van der Waals surface area contributed by atoms with Gasteiger partial charge in [0.2, 0.25) is 17.7 Å². The van der Waals surface area contributed by atoms with Crippen LogP contribution < -0.4 is 19.8 Å². The minimum absolute atomic E-state index is 0.0437. The first-order chi connectivity index (χ1) is 30.0. The summed E-state index contributed by atoms with van der Waals surface area (Å²) in [4.78, 5) is 65.9. The van der Waals surface area contributed by atoms with Gasteiger partial charge in [0.25, 0.3) is 11.8 Å². The Balaban J connectivity index is 1.10. The smallest absolute Gasteiger partial charge is 0.260 e. The fourth-order valence-electron chi connectivity index (χ4n) is 10.2. The van der Waals surface area contributed by atoms with Crippen molar-refractivity contribution in [3.05, 3.63) is 142 Å². The van der Waals surface area contributed by atoms with Crippen molar-refractivity contribution >= 4 is 69.3 Å². The van der Waals surface area contributed by atoms with Crippen molar-refractivity contribution in [2.45, 2.75) is 31.1 Å². The number of imide groups is 2. The van der Waals surface area contributed by atoms with Gasteiger partial charge in [0.05, 0.1) is 53.3 Å². The van der Waals surface area contributed by atoms with Crippen LogP contribution in [0.4, 0.5) is 11.4 Å². The van der Waals surface area contributed by atoms with Gasteiger partial charge in [-0.2, -0.15) is 5.01 Å². The number of benzene rings is 5. The Kier molecular flexibility index (Phi) is 9.60. The molecule has 2 aliphatic carbocycles. The number of carbonyl (C=O) groups is 4. The third kappa shape index (κ3) is 5.91. The van der Waals surface area contributed by atoms with E-state index in [-0.39, 0.29) is 47.6 Å². The number of fused-ring (bicyclic) bond motifs is 5. The van der Waals surface area contributed by atoms with Gasteiger partial charge in [0.1, 0.15) is 11.3 Å². The van der Waals surface area contributed by atoms with Crippen molar-refractivity contribution < 1.29 is 38.2 Å². The second-order valence-electron chi connectivity index (χ2n) is 15.9. The molecule has 14 heteroatoms. The second kappa shape index (κ2) is 15.1. The quantitative estimate of drug-likeness (QED) is 0.106. The molecule has 1 saturated carbocycles. The number of anilines is 2. The molecule has 0 bridgehead atoms. The van der Waals surface area contributed by atoms with Gasteiger partial charge in [0, 0.05) is 22.1 Å². The molecule has 3 heterocycles. The Hall–Kier alpha value is -6.63.